The van der Waals surface area contributed by atoms with Gasteiger partial charge in [0.25, 0.3) is 5.91 Å². The normalized spacial score (nSPS) is 23.1. The van der Waals surface area contributed by atoms with E-state index in [0.717, 1.165) is 12.1 Å². The molecule has 3 heterocycles. The zero-order valence-corrected chi connectivity index (χ0v) is 20.4. The second kappa shape index (κ2) is 8.39. The van der Waals surface area contributed by atoms with Crippen molar-refractivity contribution in [1.82, 2.24) is 4.31 Å². The Morgan fingerprint density at radius 1 is 1.12 bits per heavy atom. The molecule has 0 saturated carbocycles. The molecule has 2 amide bonds. The fourth-order valence-corrected chi connectivity index (χ4v) is 6.89. The number of para-hydroxylation sites is 1. The SMILES string of the molecule is Cc1cc2c(cc1S(=O)(=O)N1CCC(C(=O)N3c4ccccc4CC3C)CC1)OC(C)C(=O)N2. The van der Waals surface area contributed by atoms with Crippen molar-refractivity contribution in [2.24, 2.45) is 5.92 Å². The minimum atomic E-state index is -3.77. The number of rotatable bonds is 3. The first-order chi connectivity index (χ1) is 16.2. The van der Waals surface area contributed by atoms with E-state index in [1.54, 1.807) is 19.9 Å². The summed E-state index contributed by atoms with van der Waals surface area (Å²) in [6, 6.07) is 11.2. The van der Waals surface area contributed by atoms with E-state index in [1.165, 1.54) is 15.9 Å². The van der Waals surface area contributed by atoms with Crippen molar-refractivity contribution in [3.05, 3.63) is 47.5 Å². The van der Waals surface area contributed by atoms with E-state index in [2.05, 4.69) is 18.3 Å². The van der Waals surface area contributed by atoms with Crippen molar-refractivity contribution in [1.29, 1.82) is 0 Å². The zero-order valence-electron chi connectivity index (χ0n) is 19.6. The number of anilines is 2. The molecule has 0 radical (unpaired) electrons. The average Bonchev–Trinajstić information content (AvgIpc) is 3.15. The summed E-state index contributed by atoms with van der Waals surface area (Å²) >= 11 is 0. The Kier molecular flexibility index (Phi) is 5.64. The van der Waals surface area contributed by atoms with Crippen molar-refractivity contribution in [2.75, 3.05) is 23.3 Å². The smallest absolute Gasteiger partial charge is 0.265 e. The fourth-order valence-electron chi connectivity index (χ4n) is 5.20. The third kappa shape index (κ3) is 3.76. The molecular formula is C25H29N3O5S. The second-order valence-corrected chi connectivity index (χ2v) is 11.3. The van der Waals surface area contributed by atoms with Crippen LogP contribution in [0, 0.1) is 12.8 Å². The Balaban J connectivity index is 1.32. The van der Waals surface area contributed by atoms with Gasteiger partial charge in [-0.25, -0.2) is 8.42 Å². The van der Waals surface area contributed by atoms with E-state index >= 15 is 0 Å². The van der Waals surface area contributed by atoms with Gasteiger partial charge >= 0.3 is 0 Å². The van der Waals surface area contributed by atoms with E-state index < -0.39 is 16.1 Å². The molecule has 8 nitrogen and oxygen atoms in total. The summed E-state index contributed by atoms with van der Waals surface area (Å²) in [5.74, 6) is -0.0334. The van der Waals surface area contributed by atoms with Crippen molar-refractivity contribution in [3.8, 4) is 5.75 Å². The van der Waals surface area contributed by atoms with Crippen LogP contribution in [-0.4, -0.2) is 49.8 Å². The van der Waals surface area contributed by atoms with Crippen molar-refractivity contribution < 1.29 is 22.7 Å². The summed E-state index contributed by atoms with van der Waals surface area (Å²) in [5.41, 5.74) is 3.17. The maximum atomic E-state index is 13.5. The van der Waals surface area contributed by atoms with Crippen LogP contribution in [-0.2, 0) is 26.0 Å². The van der Waals surface area contributed by atoms with Crippen LogP contribution in [0.15, 0.2) is 41.3 Å². The minimum Gasteiger partial charge on any atom is -0.479 e. The van der Waals surface area contributed by atoms with Gasteiger partial charge in [-0.15, -0.1) is 0 Å². The van der Waals surface area contributed by atoms with Gasteiger partial charge in [0.05, 0.1) is 10.6 Å². The first kappa shape index (κ1) is 22.9. The lowest BCUT2D eigenvalue weighted by Crippen LogP contribution is -2.46. The number of sulfonamides is 1. The number of nitrogens with zero attached hydrogens (tertiary/aromatic N) is 2. The highest BCUT2D eigenvalue weighted by Gasteiger charge is 2.39. The number of piperidine rings is 1. The molecule has 0 aliphatic carbocycles. The number of hydrogen-bond acceptors (Lipinski definition) is 5. The topological polar surface area (TPSA) is 96.0 Å². The predicted octanol–water partition coefficient (Wildman–Crippen LogP) is 3.09. The molecule has 1 fully saturated rings. The molecule has 34 heavy (non-hydrogen) atoms. The van der Waals surface area contributed by atoms with Crippen LogP contribution in [0.2, 0.25) is 0 Å². The van der Waals surface area contributed by atoms with Gasteiger partial charge in [-0.2, -0.15) is 4.31 Å². The van der Waals surface area contributed by atoms with E-state index in [1.807, 2.05) is 23.1 Å². The summed E-state index contributed by atoms with van der Waals surface area (Å²) < 4.78 is 34.0. The number of carbonyl (C=O) groups is 2. The van der Waals surface area contributed by atoms with Crippen LogP contribution in [0.5, 0.6) is 5.75 Å². The van der Waals surface area contributed by atoms with Crippen molar-refractivity contribution in [2.45, 2.75) is 57.1 Å². The van der Waals surface area contributed by atoms with Gasteiger partial charge < -0.3 is 15.0 Å². The summed E-state index contributed by atoms with van der Waals surface area (Å²) in [6.45, 7) is 5.95. The van der Waals surface area contributed by atoms with Gasteiger partial charge in [0.2, 0.25) is 15.9 Å². The number of aryl methyl sites for hydroxylation is 1. The Labute approximate surface area is 199 Å². The molecule has 180 valence electrons. The van der Waals surface area contributed by atoms with E-state index in [0.29, 0.717) is 29.8 Å². The van der Waals surface area contributed by atoms with Crippen LogP contribution in [0.3, 0.4) is 0 Å². The quantitative estimate of drug-likeness (QED) is 0.724. The lowest BCUT2D eigenvalue weighted by atomic mass is 9.96. The Morgan fingerprint density at radius 3 is 2.56 bits per heavy atom. The molecular weight excluding hydrogens is 454 g/mol. The van der Waals surface area contributed by atoms with Crippen molar-refractivity contribution in [3.63, 3.8) is 0 Å². The highest BCUT2D eigenvalue weighted by atomic mass is 32.2. The molecule has 2 aromatic rings. The maximum Gasteiger partial charge on any atom is 0.265 e. The van der Waals surface area contributed by atoms with E-state index in [9.17, 15) is 18.0 Å². The second-order valence-electron chi connectivity index (χ2n) is 9.43. The summed E-state index contributed by atoms with van der Waals surface area (Å²) in [4.78, 5) is 27.3. The van der Waals surface area contributed by atoms with Gasteiger partial charge in [-0.1, -0.05) is 18.2 Å². The summed E-state index contributed by atoms with van der Waals surface area (Å²) in [6.07, 6.45) is 1.12. The molecule has 1 saturated heterocycles. The molecule has 2 aromatic carbocycles. The third-order valence-corrected chi connectivity index (χ3v) is 9.11. The zero-order chi connectivity index (χ0) is 24.2. The molecule has 0 aromatic heterocycles. The third-order valence-electron chi connectivity index (χ3n) is 7.07. The number of hydrogen-bond donors (Lipinski definition) is 1. The average molecular weight is 484 g/mol. The molecule has 2 unspecified atom stereocenters. The number of ether oxygens (including phenoxy) is 1. The number of carbonyl (C=O) groups excluding carboxylic acids is 2. The van der Waals surface area contributed by atoms with Crippen LogP contribution in [0.4, 0.5) is 11.4 Å². The number of nitrogens with one attached hydrogen (secondary N) is 1. The standard InChI is InChI=1S/C25H29N3O5S/c1-15-12-20-22(33-17(3)24(29)26-20)14-23(15)34(31,32)27-10-8-18(9-11-27)25(30)28-16(2)13-19-6-4-5-7-21(19)28/h4-7,12,14,16-18H,8-11,13H2,1-3H3,(H,26,29). The number of amides is 2. The summed E-state index contributed by atoms with van der Waals surface area (Å²) in [5, 5.41) is 2.75. The molecule has 1 N–H and O–H groups in total. The lowest BCUT2D eigenvalue weighted by molar-refractivity contribution is -0.124. The highest BCUT2D eigenvalue weighted by Crippen LogP contribution is 2.38. The minimum absolute atomic E-state index is 0.0811. The molecule has 2 atom stereocenters. The van der Waals surface area contributed by atoms with Crippen LogP contribution in [0.1, 0.15) is 37.8 Å². The van der Waals surface area contributed by atoms with E-state index in [4.69, 9.17) is 4.74 Å². The molecule has 3 aliphatic rings. The molecule has 0 spiro atoms. The highest BCUT2D eigenvalue weighted by molar-refractivity contribution is 7.89. The lowest BCUT2D eigenvalue weighted by Gasteiger charge is -2.34. The molecule has 3 aliphatic heterocycles. The molecule has 5 rings (SSSR count). The predicted molar refractivity (Wildman–Crippen MR) is 128 cm³/mol. The van der Waals surface area contributed by atoms with Gasteiger partial charge in [-0.3, -0.25) is 9.59 Å². The molecule has 0 bridgehead atoms. The first-order valence-electron chi connectivity index (χ1n) is 11.7. The number of benzene rings is 2. The first-order valence-corrected chi connectivity index (χ1v) is 13.1. The van der Waals surface area contributed by atoms with Gasteiger partial charge in [0.15, 0.2) is 6.10 Å². The van der Waals surface area contributed by atoms with E-state index in [-0.39, 0.29) is 41.8 Å². The maximum absolute atomic E-state index is 13.5. The van der Waals surface area contributed by atoms with Crippen LogP contribution < -0.4 is 15.0 Å². The monoisotopic (exact) mass is 483 g/mol. The largest absolute Gasteiger partial charge is 0.479 e. The van der Waals surface area contributed by atoms with Crippen LogP contribution >= 0.6 is 0 Å². The fraction of sp³-hybridized carbons (Fsp3) is 0.440. The Hall–Kier alpha value is -2.91. The van der Waals surface area contributed by atoms with Crippen LogP contribution in [0.25, 0.3) is 0 Å². The molecule has 9 heteroatoms. The van der Waals surface area contributed by atoms with Gasteiger partial charge in [0.1, 0.15) is 5.75 Å². The van der Waals surface area contributed by atoms with Gasteiger partial charge in [0, 0.05) is 36.8 Å². The van der Waals surface area contributed by atoms with Gasteiger partial charge in [-0.05, 0) is 63.3 Å². The summed E-state index contributed by atoms with van der Waals surface area (Å²) in [7, 11) is -3.77. The Bertz CT molecular complexity index is 1270. The Morgan fingerprint density at radius 2 is 1.82 bits per heavy atom. The number of fused-ring (bicyclic) bond motifs is 2. The van der Waals surface area contributed by atoms with Crippen molar-refractivity contribution >= 4 is 33.2 Å².